The third kappa shape index (κ3) is 2.88. The van der Waals surface area contributed by atoms with Crippen molar-refractivity contribution in [2.75, 3.05) is 11.4 Å². The Bertz CT molecular complexity index is 444. The first-order chi connectivity index (χ1) is 8.59. The highest BCUT2D eigenvalue weighted by Crippen LogP contribution is 2.40. The number of amides is 1. The molecular weight excluding hydrogens is 230 g/mol. The van der Waals surface area contributed by atoms with Gasteiger partial charge in [-0.1, -0.05) is 25.1 Å². The van der Waals surface area contributed by atoms with E-state index in [1.54, 1.807) is 4.90 Å². The van der Waals surface area contributed by atoms with Gasteiger partial charge in [-0.25, -0.2) is 0 Å². The summed E-state index contributed by atoms with van der Waals surface area (Å²) >= 11 is 0. The molecular formula is C14H17NO3. The van der Waals surface area contributed by atoms with E-state index in [4.69, 9.17) is 5.11 Å². The van der Waals surface area contributed by atoms with Gasteiger partial charge in [0.2, 0.25) is 5.91 Å². The van der Waals surface area contributed by atoms with E-state index in [1.807, 2.05) is 37.3 Å². The van der Waals surface area contributed by atoms with Crippen LogP contribution < -0.4 is 4.90 Å². The van der Waals surface area contributed by atoms with Gasteiger partial charge in [-0.2, -0.15) is 0 Å². The van der Waals surface area contributed by atoms with E-state index in [2.05, 4.69) is 0 Å². The summed E-state index contributed by atoms with van der Waals surface area (Å²) in [5.74, 6) is -0.338. The Hall–Kier alpha value is -1.84. The number of hydrogen-bond donors (Lipinski definition) is 1. The van der Waals surface area contributed by atoms with Gasteiger partial charge in [0.05, 0.1) is 6.42 Å². The van der Waals surface area contributed by atoms with Crippen molar-refractivity contribution in [3.8, 4) is 0 Å². The quantitative estimate of drug-likeness (QED) is 0.867. The Balaban J connectivity index is 2.12. The van der Waals surface area contributed by atoms with Crippen LogP contribution in [0.1, 0.15) is 19.8 Å². The van der Waals surface area contributed by atoms with Crippen LogP contribution in [0.25, 0.3) is 0 Å². The molecule has 1 aromatic rings. The van der Waals surface area contributed by atoms with Gasteiger partial charge in [-0.05, 0) is 24.5 Å². The molecule has 1 saturated carbocycles. The number of carboxylic acid groups (broad SMARTS) is 1. The summed E-state index contributed by atoms with van der Waals surface area (Å²) in [5, 5.41) is 8.76. The first-order valence-electron chi connectivity index (χ1n) is 6.18. The number of para-hydroxylation sites is 1. The number of rotatable bonds is 5. The third-order valence-corrected chi connectivity index (χ3v) is 3.31. The molecule has 2 rings (SSSR count). The van der Waals surface area contributed by atoms with Crippen molar-refractivity contribution >= 4 is 17.6 Å². The summed E-state index contributed by atoms with van der Waals surface area (Å²) in [6, 6.07) is 9.27. The van der Waals surface area contributed by atoms with Crippen LogP contribution in [0.15, 0.2) is 30.3 Å². The molecule has 2 atom stereocenters. The molecule has 1 aliphatic carbocycles. The predicted octanol–water partition coefficient (Wildman–Crippen LogP) is 2.15. The van der Waals surface area contributed by atoms with E-state index in [0.29, 0.717) is 5.92 Å². The number of benzene rings is 1. The zero-order chi connectivity index (χ0) is 13.1. The van der Waals surface area contributed by atoms with Crippen molar-refractivity contribution in [3.05, 3.63) is 30.3 Å². The Morgan fingerprint density at radius 1 is 1.33 bits per heavy atom. The Morgan fingerprint density at radius 2 is 1.94 bits per heavy atom. The molecule has 0 radical (unpaired) electrons. The van der Waals surface area contributed by atoms with E-state index < -0.39 is 5.97 Å². The minimum Gasteiger partial charge on any atom is -0.481 e. The van der Waals surface area contributed by atoms with E-state index in [1.165, 1.54) is 0 Å². The Morgan fingerprint density at radius 3 is 2.44 bits per heavy atom. The molecule has 4 heteroatoms. The molecule has 0 spiro atoms. The molecule has 2 unspecified atom stereocenters. The van der Waals surface area contributed by atoms with E-state index >= 15 is 0 Å². The minimum absolute atomic E-state index is 0.0261. The average molecular weight is 247 g/mol. The van der Waals surface area contributed by atoms with Gasteiger partial charge in [0, 0.05) is 18.2 Å². The van der Waals surface area contributed by atoms with Gasteiger partial charge in [-0.15, -0.1) is 0 Å². The van der Waals surface area contributed by atoms with Gasteiger partial charge >= 0.3 is 5.97 Å². The maximum atomic E-state index is 12.3. The van der Waals surface area contributed by atoms with Crippen LogP contribution in [0.4, 0.5) is 5.69 Å². The zero-order valence-corrected chi connectivity index (χ0v) is 10.4. The smallest absolute Gasteiger partial charge is 0.305 e. The predicted molar refractivity (Wildman–Crippen MR) is 68.3 cm³/mol. The highest BCUT2D eigenvalue weighted by molar-refractivity contribution is 5.97. The van der Waals surface area contributed by atoms with Crippen molar-refractivity contribution < 1.29 is 14.7 Å². The molecule has 96 valence electrons. The van der Waals surface area contributed by atoms with Crippen molar-refractivity contribution in [3.63, 3.8) is 0 Å². The molecule has 1 aromatic carbocycles. The van der Waals surface area contributed by atoms with Gasteiger partial charge in [0.25, 0.3) is 0 Å². The Kier molecular flexibility index (Phi) is 3.65. The van der Waals surface area contributed by atoms with Crippen molar-refractivity contribution in [2.45, 2.75) is 19.8 Å². The maximum Gasteiger partial charge on any atom is 0.305 e. The second-order valence-electron chi connectivity index (χ2n) is 4.79. The van der Waals surface area contributed by atoms with Crippen LogP contribution in [-0.4, -0.2) is 23.5 Å². The van der Waals surface area contributed by atoms with Crippen LogP contribution >= 0.6 is 0 Å². The van der Waals surface area contributed by atoms with Crippen LogP contribution in [0.2, 0.25) is 0 Å². The topological polar surface area (TPSA) is 57.6 Å². The summed E-state index contributed by atoms with van der Waals surface area (Å²) in [4.78, 5) is 24.5. The fourth-order valence-corrected chi connectivity index (χ4v) is 2.05. The monoisotopic (exact) mass is 247 g/mol. The molecule has 0 aromatic heterocycles. The molecule has 0 heterocycles. The van der Waals surface area contributed by atoms with Crippen molar-refractivity contribution in [1.82, 2.24) is 0 Å². The van der Waals surface area contributed by atoms with Gasteiger partial charge in [0.15, 0.2) is 0 Å². The van der Waals surface area contributed by atoms with Gasteiger partial charge < -0.3 is 10.0 Å². The SMILES string of the molecule is CC1CC1C(=O)N(CCC(=O)O)c1ccccc1. The lowest BCUT2D eigenvalue weighted by Crippen LogP contribution is -2.34. The lowest BCUT2D eigenvalue weighted by atomic mass is 10.2. The summed E-state index contributed by atoms with van der Waals surface area (Å²) in [7, 11) is 0. The number of nitrogens with zero attached hydrogens (tertiary/aromatic N) is 1. The molecule has 1 fully saturated rings. The molecule has 0 aliphatic heterocycles. The molecule has 18 heavy (non-hydrogen) atoms. The Labute approximate surface area is 106 Å². The summed E-state index contributed by atoms with van der Waals surface area (Å²) < 4.78 is 0. The highest BCUT2D eigenvalue weighted by Gasteiger charge is 2.41. The molecule has 1 aliphatic rings. The number of carbonyl (C=O) groups is 2. The van der Waals surface area contributed by atoms with E-state index in [-0.39, 0.29) is 24.8 Å². The number of hydrogen-bond acceptors (Lipinski definition) is 2. The van der Waals surface area contributed by atoms with Gasteiger partial charge in [0.1, 0.15) is 0 Å². The fraction of sp³-hybridized carbons (Fsp3) is 0.429. The van der Waals surface area contributed by atoms with E-state index in [0.717, 1.165) is 12.1 Å². The minimum atomic E-state index is -0.882. The second-order valence-corrected chi connectivity index (χ2v) is 4.79. The maximum absolute atomic E-state index is 12.3. The fourth-order valence-electron chi connectivity index (χ4n) is 2.05. The average Bonchev–Trinajstić information content (AvgIpc) is 3.07. The first-order valence-corrected chi connectivity index (χ1v) is 6.18. The molecule has 4 nitrogen and oxygen atoms in total. The van der Waals surface area contributed by atoms with Crippen LogP contribution in [0.3, 0.4) is 0 Å². The number of carbonyl (C=O) groups excluding carboxylic acids is 1. The number of carboxylic acids is 1. The van der Waals surface area contributed by atoms with Crippen LogP contribution in [0, 0.1) is 11.8 Å². The second kappa shape index (κ2) is 5.21. The standard InChI is InChI=1S/C14H17NO3/c1-10-9-12(10)14(18)15(8-7-13(16)17)11-5-3-2-4-6-11/h2-6,10,12H,7-9H2,1H3,(H,16,17). The largest absolute Gasteiger partial charge is 0.481 e. The lowest BCUT2D eigenvalue weighted by Gasteiger charge is -2.22. The number of anilines is 1. The highest BCUT2D eigenvalue weighted by atomic mass is 16.4. The molecule has 0 saturated heterocycles. The number of aliphatic carboxylic acids is 1. The van der Waals surface area contributed by atoms with Gasteiger partial charge in [-0.3, -0.25) is 9.59 Å². The molecule has 1 N–H and O–H groups in total. The summed E-state index contributed by atoms with van der Waals surface area (Å²) in [6.07, 6.45) is 0.886. The first kappa shape index (κ1) is 12.6. The van der Waals surface area contributed by atoms with Crippen LogP contribution in [-0.2, 0) is 9.59 Å². The normalized spacial score (nSPS) is 21.4. The van der Waals surface area contributed by atoms with Crippen molar-refractivity contribution in [1.29, 1.82) is 0 Å². The lowest BCUT2D eigenvalue weighted by molar-refractivity contribution is -0.136. The summed E-state index contributed by atoms with van der Waals surface area (Å²) in [6.45, 7) is 2.28. The van der Waals surface area contributed by atoms with Crippen molar-refractivity contribution in [2.24, 2.45) is 11.8 Å². The van der Waals surface area contributed by atoms with E-state index in [9.17, 15) is 9.59 Å². The molecule has 1 amide bonds. The summed E-state index contributed by atoms with van der Waals surface area (Å²) in [5.41, 5.74) is 0.780. The zero-order valence-electron chi connectivity index (χ0n) is 10.4. The molecule has 0 bridgehead atoms. The van der Waals surface area contributed by atoms with Crippen LogP contribution in [0.5, 0.6) is 0 Å². The third-order valence-electron chi connectivity index (χ3n) is 3.31.